The molecule has 5 fully saturated rings. The fourth-order valence-electron chi connectivity index (χ4n) is 7.44. The molecule has 5 aliphatic rings. The van der Waals surface area contributed by atoms with Crippen molar-refractivity contribution >= 4 is 0 Å². The molecular weight excluding hydrogens is 192 g/mol. The second-order valence-electron chi connectivity index (χ2n) is 7.87. The van der Waals surface area contributed by atoms with E-state index in [0.717, 1.165) is 11.8 Å². The Labute approximate surface area is 99.2 Å². The van der Waals surface area contributed by atoms with Crippen molar-refractivity contribution in [3.63, 3.8) is 0 Å². The molecule has 0 aromatic heterocycles. The van der Waals surface area contributed by atoms with E-state index < -0.39 is 0 Å². The molecule has 0 saturated heterocycles. The van der Waals surface area contributed by atoms with Crippen LogP contribution in [-0.4, -0.2) is 0 Å². The molecule has 10 unspecified atom stereocenters. The van der Waals surface area contributed by atoms with Crippen molar-refractivity contribution in [1.29, 1.82) is 0 Å². The average molecular weight is 216 g/mol. The number of fused-ring (bicyclic) bond motifs is 9. The van der Waals surface area contributed by atoms with Crippen LogP contribution in [0.25, 0.3) is 0 Å². The lowest BCUT2D eigenvalue weighted by molar-refractivity contribution is -0.209. The molecule has 10 atom stereocenters. The van der Waals surface area contributed by atoms with Gasteiger partial charge in [-0.05, 0) is 78.4 Å². The summed E-state index contributed by atoms with van der Waals surface area (Å²) in [6.45, 7) is 5.15. The van der Waals surface area contributed by atoms with Gasteiger partial charge in [-0.25, -0.2) is 0 Å². The Kier molecular flexibility index (Phi) is 1.43. The van der Waals surface area contributed by atoms with Crippen molar-refractivity contribution in [3.05, 3.63) is 0 Å². The third-order valence-electron chi connectivity index (χ3n) is 7.98. The van der Waals surface area contributed by atoms with Crippen LogP contribution >= 0.6 is 0 Å². The van der Waals surface area contributed by atoms with Gasteiger partial charge < -0.3 is 0 Å². The quantitative estimate of drug-likeness (QED) is 0.577. The van der Waals surface area contributed by atoms with Crippen LogP contribution in [0.2, 0.25) is 0 Å². The molecule has 0 heterocycles. The van der Waals surface area contributed by atoms with Crippen molar-refractivity contribution in [1.82, 2.24) is 0 Å². The predicted molar refractivity (Wildman–Crippen MR) is 64.7 cm³/mol. The van der Waals surface area contributed by atoms with Crippen LogP contribution in [-0.2, 0) is 0 Å². The van der Waals surface area contributed by atoms with E-state index in [2.05, 4.69) is 13.8 Å². The van der Waals surface area contributed by atoms with Crippen LogP contribution in [0.5, 0.6) is 0 Å². The third kappa shape index (κ3) is 0.703. The monoisotopic (exact) mass is 216 g/mol. The van der Waals surface area contributed by atoms with Gasteiger partial charge in [-0.3, -0.25) is 0 Å². The summed E-state index contributed by atoms with van der Waals surface area (Å²) < 4.78 is 0. The Hall–Kier alpha value is 0. The summed E-state index contributed by atoms with van der Waals surface area (Å²) in [5.74, 6) is 11.8. The first-order valence-corrected chi connectivity index (χ1v) is 7.79. The molecule has 0 nitrogen and oxygen atoms in total. The predicted octanol–water partition coefficient (Wildman–Crippen LogP) is 3.82. The van der Waals surface area contributed by atoms with Crippen molar-refractivity contribution in [3.8, 4) is 0 Å². The summed E-state index contributed by atoms with van der Waals surface area (Å²) in [5, 5.41) is 0. The normalized spacial score (nSPS) is 73.9. The van der Waals surface area contributed by atoms with Crippen molar-refractivity contribution < 1.29 is 0 Å². The first-order chi connectivity index (χ1) is 7.79. The smallest absolute Gasteiger partial charge is 0.0313 e. The number of hydrogen-bond donors (Lipinski definition) is 0. The van der Waals surface area contributed by atoms with E-state index in [9.17, 15) is 0 Å². The molecule has 0 aromatic rings. The van der Waals surface area contributed by atoms with Crippen LogP contribution in [0.4, 0.5) is 0 Å². The van der Waals surface area contributed by atoms with E-state index in [4.69, 9.17) is 0 Å². The van der Waals surface area contributed by atoms with Gasteiger partial charge in [-0.15, -0.1) is 0 Å². The largest absolute Gasteiger partial charge is 0.0622 e. The van der Waals surface area contributed by atoms with Gasteiger partial charge in [0, 0.05) is 0 Å². The van der Waals surface area contributed by atoms with Gasteiger partial charge in [-0.2, -0.15) is 0 Å². The first kappa shape index (κ1) is 9.00. The molecule has 0 N–H and O–H groups in total. The van der Waals surface area contributed by atoms with E-state index in [1.807, 2.05) is 0 Å². The highest BCUT2D eigenvalue weighted by atomic mass is 14.8. The molecule has 0 spiro atoms. The molecule has 0 bridgehead atoms. The summed E-state index contributed by atoms with van der Waals surface area (Å²) in [4.78, 5) is 0. The van der Waals surface area contributed by atoms with Crippen LogP contribution in [0.15, 0.2) is 0 Å². The minimum atomic E-state index is 1.08. The Morgan fingerprint density at radius 2 is 1.25 bits per heavy atom. The number of rotatable bonds is 0. The molecule has 5 saturated carbocycles. The van der Waals surface area contributed by atoms with E-state index in [-0.39, 0.29) is 0 Å². The molecule has 88 valence electrons. The van der Waals surface area contributed by atoms with E-state index >= 15 is 0 Å². The van der Waals surface area contributed by atoms with Gasteiger partial charge in [0.1, 0.15) is 0 Å². The lowest BCUT2D eigenvalue weighted by Crippen LogP contribution is -2.64. The van der Waals surface area contributed by atoms with Gasteiger partial charge in [0.15, 0.2) is 0 Å². The first-order valence-electron chi connectivity index (χ1n) is 7.79. The Morgan fingerprint density at radius 1 is 0.562 bits per heavy atom. The zero-order valence-corrected chi connectivity index (χ0v) is 10.6. The van der Waals surface area contributed by atoms with Crippen molar-refractivity contribution in [2.45, 2.75) is 39.5 Å². The summed E-state index contributed by atoms with van der Waals surface area (Å²) in [6, 6.07) is 0. The maximum Gasteiger partial charge on any atom is -0.0313 e. The zero-order chi connectivity index (χ0) is 10.6. The van der Waals surface area contributed by atoms with Gasteiger partial charge in [0.05, 0.1) is 0 Å². The SMILES string of the molecule is CC1CCC2C1C1C3C(C)C4CCC4C3C21. The second-order valence-corrected chi connectivity index (χ2v) is 7.87. The summed E-state index contributed by atoms with van der Waals surface area (Å²) in [6.07, 6.45) is 6.35. The van der Waals surface area contributed by atoms with E-state index in [1.165, 1.54) is 47.3 Å². The Balaban J connectivity index is 1.50. The third-order valence-corrected chi connectivity index (χ3v) is 7.98. The lowest BCUT2D eigenvalue weighted by Gasteiger charge is -2.68. The maximum absolute atomic E-state index is 2.60. The van der Waals surface area contributed by atoms with Crippen LogP contribution < -0.4 is 0 Å². The molecule has 0 aliphatic heterocycles. The minimum Gasteiger partial charge on any atom is -0.0622 e. The fourth-order valence-corrected chi connectivity index (χ4v) is 7.44. The molecule has 0 heteroatoms. The molecule has 5 aliphatic carbocycles. The topological polar surface area (TPSA) is 0 Å². The van der Waals surface area contributed by atoms with E-state index in [0.29, 0.717) is 0 Å². The van der Waals surface area contributed by atoms with Crippen molar-refractivity contribution in [2.75, 3.05) is 0 Å². The molecular formula is C16H24. The zero-order valence-electron chi connectivity index (χ0n) is 10.6. The molecule has 16 heavy (non-hydrogen) atoms. The molecule has 5 rings (SSSR count). The average Bonchev–Trinajstić information content (AvgIpc) is 2.52. The van der Waals surface area contributed by atoms with Gasteiger partial charge in [0.25, 0.3) is 0 Å². The lowest BCUT2D eigenvalue weighted by atomic mass is 9.37. The molecule has 0 amide bonds. The minimum absolute atomic E-state index is 1.08. The summed E-state index contributed by atoms with van der Waals surface area (Å²) in [5.41, 5.74) is 0. The maximum atomic E-state index is 2.60. The summed E-state index contributed by atoms with van der Waals surface area (Å²) >= 11 is 0. The Bertz CT molecular complexity index is 346. The van der Waals surface area contributed by atoms with Crippen LogP contribution in [0.1, 0.15) is 39.5 Å². The van der Waals surface area contributed by atoms with Gasteiger partial charge >= 0.3 is 0 Å². The highest BCUT2D eigenvalue weighted by Gasteiger charge is 2.74. The standard InChI is InChI=1S/C16H24/c1-7-3-4-11-12(7)16-13-8(2)9-5-6-10(9)14(13)15(11)16/h7-16H,3-6H2,1-2H3. The number of hydrogen-bond acceptors (Lipinski definition) is 0. The van der Waals surface area contributed by atoms with Crippen LogP contribution in [0, 0.1) is 59.2 Å². The fraction of sp³-hybridized carbons (Fsp3) is 1.00. The van der Waals surface area contributed by atoms with Gasteiger partial charge in [-0.1, -0.05) is 20.3 Å². The Morgan fingerprint density at radius 3 is 2.00 bits per heavy atom. The van der Waals surface area contributed by atoms with Gasteiger partial charge in [0.2, 0.25) is 0 Å². The molecule has 0 radical (unpaired) electrons. The highest BCUT2D eigenvalue weighted by Crippen LogP contribution is 2.79. The summed E-state index contributed by atoms with van der Waals surface area (Å²) in [7, 11) is 0. The van der Waals surface area contributed by atoms with Crippen molar-refractivity contribution in [2.24, 2.45) is 59.2 Å². The highest BCUT2D eigenvalue weighted by molar-refractivity contribution is 5.22. The molecule has 0 aromatic carbocycles. The van der Waals surface area contributed by atoms with E-state index in [1.54, 1.807) is 25.7 Å². The second kappa shape index (κ2) is 2.54. The van der Waals surface area contributed by atoms with Crippen LogP contribution in [0.3, 0.4) is 0 Å².